The predicted octanol–water partition coefficient (Wildman–Crippen LogP) is 0.947. The molecule has 0 aliphatic heterocycles. The summed E-state index contributed by atoms with van der Waals surface area (Å²) >= 11 is 1.46. The Kier molecular flexibility index (Phi) is 2.41. The van der Waals surface area contributed by atoms with Gasteiger partial charge in [-0.05, 0) is 19.9 Å². The van der Waals surface area contributed by atoms with Crippen molar-refractivity contribution in [3.8, 4) is 5.75 Å². The smallest absolute Gasteiger partial charge is 0.370 e. The number of hydrogen-bond donors (Lipinski definition) is 1. The minimum absolute atomic E-state index is 0.319. The maximum atomic E-state index is 10.5. The lowest BCUT2D eigenvalue weighted by molar-refractivity contribution is 0.487. The zero-order valence-corrected chi connectivity index (χ0v) is 8.33. The van der Waals surface area contributed by atoms with Crippen LogP contribution in [0.2, 0.25) is 0 Å². The minimum atomic E-state index is -3.88. The molecule has 0 atom stereocenters. The number of aryl methyl sites for hydroxylation is 2. The van der Waals surface area contributed by atoms with Crippen molar-refractivity contribution in [1.29, 1.82) is 0 Å². The van der Waals surface area contributed by atoms with Crippen LogP contribution in [0.5, 0.6) is 5.75 Å². The Hall–Kier alpha value is -0.590. The van der Waals surface area contributed by atoms with Crippen LogP contribution in [0.15, 0.2) is 6.07 Å². The molecule has 0 saturated carbocycles. The molecule has 0 fully saturated rings. The third-order valence-corrected chi connectivity index (χ3v) is 2.56. The Morgan fingerprint density at radius 3 is 2.42 bits per heavy atom. The van der Waals surface area contributed by atoms with E-state index in [1.165, 1.54) is 11.3 Å². The Labute approximate surface area is 75.2 Å². The van der Waals surface area contributed by atoms with E-state index >= 15 is 0 Å². The van der Waals surface area contributed by atoms with Crippen LogP contribution in [-0.2, 0) is 10.3 Å². The summed E-state index contributed by atoms with van der Waals surface area (Å²) in [5.41, 5.74) is 0. The molecule has 68 valence electrons. The SMILES string of the molecule is Cc1cc(OS(N)(=O)=O)c(C)s1. The fraction of sp³-hybridized carbons (Fsp3) is 0.333. The van der Waals surface area contributed by atoms with Gasteiger partial charge in [0, 0.05) is 9.75 Å². The van der Waals surface area contributed by atoms with Gasteiger partial charge in [0.2, 0.25) is 0 Å². The van der Waals surface area contributed by atoms with Crippen molar-refractivity contribution >= 4 is 21.6 Å². The summed E-state index contributed by atoms with van der Waals surface area (Å²) in [5, 5.41) is 4.70. The Morgan fingerprint density at radius 1 is 1.50 bits per heavy atom. The topological polar surface area (TPSA) is 69.4 Å². The monoisotopic (exact) mass is 207 g/mol. The van der Waals surface area contributed by atoms with Crippen LogP contribution in [0.4, 0.5) is 0 Å². The molecule has 4 nitrogen and oxygen atoms in total. The quantitative estimate of drug-likeness (QED) is 0.784. The number of thiophene rings is 1. The fourth-order valence-electron chi connectivity index (χ4n) is 0.815. The molecule has 1 heterocycles. The van der Waals surface area contributed by atoms with E-state index in [9.17, 15) is 8.42 Å². The highest BCUT2D eigenvalue weighted by Gasteiger charge is 2.09. The maximum absolute atomic E-state index is 10.5. The molecule has 0 unspecified atom stereocenters. The molecule has 0 bridgehead atoms. The number of nitrogens with two attached hydrogens (primary N) is 1. The Bertz CT molecular complexity index is 379. The van der Waals surface area contributed by atoms with E-state index in [0.29, 0.717) is 5.75 Å². The van der Waals surface area contributed by atoms with Crippen molar-refractivity contribution in [2.75, 3.05) is 0 Å². The van der Waals surface area contributed by atoms with E-state index in [-0.39, 0.29) is 0 Å². The van der Waals surface area contributed by atoms with Gasteiger partial charge in [0.05, 0.1) is 0 Å². The first-order chi connectivity index (χ1) is 5.38. The first-order valence-electron chi connectivity index (χ1n) is 3.18. The summed E-state index contributed by atoms with van der Waals surface area (Å²) in [4.78, 5) is 1.80. The molecule has 1 aromatic rings. The van der Waals surface area contributed by atoms with Gasteiger partial charge in [-0.25, -0.2) is 0 Å². The van der Waals surface area contributed by atoms with Crippen molar-refractivity contribution in [2.24, 2.45) is 5.14 Å². The molecule has 0 radical (unpaired) electrons. The molecular formula is C6H9NO3S2. The van der Waals surface area contributed by atoms with Crippen molar-refractivity contribution in [3.63, 3.8) is 0 Å². The van der Waals surface area contributed by atoms with Crippen LogP contribution in [0.1, 0.15) is 9.75 Å². The first-order valence-corrected chi connectivity index (χ1v) is 5.46. The Morgan fingerprint density at radius 2 is 2.08 bits per heavy atom. The lowest BCUT2D eigenvalue weighted by Gasteiger charge is -1.98. The molecule has 0 amide bonds. The zero-order valence-electron chi connectivity index (χ0n) is 6.70. The van der Waals surface area contributed by atoms with Gasteiger partial charge < -0.3 is 4.18 Å². The Balaban J connectivity index is 2.97. The van der Waals surface area contributed by atoms with Crippen molar-refractivity contribution < 1.29 is 12.6 Å². The van der Waals surface area contributed by atoms with Gasteiger partial charge in [0.25, 0.3) is 0 Å². The van der Waals surface area contributed by atoms with E-state index in [1.54, 1.807) is 13.0 Å². The van der Waals surface area contributed by atoms with Gasteiger partial charge in [0.1, 0.15) is 0 Å². The summed E-state index contributed by atoms with van der Waals surface area (Å²) < 4.78 is 25.6. The highest BCUT2D eigenvalue weighted by atomic mass is 32.2. The van der Waals surface area contributed by atoms with Crippen LogP contribution in [0.3, 0.4) is 0 Å². The van der Waals surface area contributed by atoms with Gasteiger partial charge in [0.15, 0.2) is 5.75 Å². The average molecular weight is 207 g/mol. The highest BCUT2D eigenvalue weighted by molar-refractivity contribution is 7.84. The van der Waals surface area contributed by atoms with E-state index in [1.807, 2.05) is 6.92 Å². The highest BCUT2D eigenvalue weighted by Crippen LogP contribution is 2.28. The third-order valence-electron chi connectivity index (χ3n) is 1.20. The van der Waals surface area contributed by atoms with E-state index in [2.05, 4.69) is 4.18 Å². The van der Waals surface area contributed by atoms with Gasteiger partial charge >= 0.3 is 10.3 Å². The molecule has 1 aromatic heterocycles. The summed E-state index contributed by atoms with van der Waals surface area (Å²) in [5.74, 6) is 0.319. The summed E-state index contributed by atoms with van der Waals surface area (Å²) in [7, 11) is -3.88. The second-order valence-corrected chi connectivity index (χ2v) is 4.97. The van der Waals surface area contributed by atoms with Crippen molar-refractivity contribution in [1.82, 2.24) is 0 Å². The second kappa shape index (κ2) is 3.04. The molecule has 0 spiro atoms. The lowest BCUT2D eigenvalue weighted by atomic mass is 10.4. The van der Waals surface area contributed by atoms with Gasteiger partial charge in [-0.2, -0.15) is 13.6 Å². The van der Waals surface area contributed by atoms with Crippen molar-refractivity contribution in [3.05, 3.63) is 15.8 Å². The summed E-state index contributed by atoms with van der Waals surface area (Å²) in [6, 6.07) is 1.64. The summed E-state index contributed by atoms with van der Waals surface area (Å²) in [6.07, 6.45) is 0. The van der Waals surface area contributed by atoms with Gasteiger partial charge in [-0.3, -0.25) is 0 Å². The number of rotatable bonds is 2. The largest absolute Gasteiger partial charge is 0.380 e. The maximum Gasteiger partial charge on any atom is 0.380 e. The summed E-state index contributed by atoms with van der Waals surface area (Å²) in [6.45, 7) is 3.64. The standard InChI is InChI=1S/C6H9NO3S2/c1-4-3-6(5(2)11-4)10-12(7,8)9/h3H,1-2H3,(H2,7,8,9). The van der Waals surface area contributed by atoms with Gasteiger partial charge in [-0.15, -0.1) is 11.3 Å². The van der Waals surface area contributed by atoms with Gasteiger partial charge in [-0.1, -0.05) is 0 Å². The average Bonchev–Trinajstić information content (AvgIpc) is 2.06. The third kappa shape index (κ3) is 2.47. The molecule has 0 aliphatic carbocycles. The molecule has 0 saturated heterocycles. The first kappa shape index (κ1) is 9.50. The normalized spacial score (nSPS) is 11.6. The van der Waals surface area contributed by atoms with Crippen LogP contribution in [-0.4, -0.2) is 8.42 Å². The van der Waals surface area contributed by atoms with Crippen LogP contribution in [0, 0.1) is 13.8 Å². The lowest BCUT2D eigenvalue weighted by Crippen LogP contribution is -2.18. The molecule has 12 heavy (non-hydrogen) atoms. The fourth-order valence-corrected chi connectivity index (χ4v) is 2.14. The zero-order chi connectivity index (χ0) is 9.35. The van der Waals surface area contributed by atoms with Crippen LogP contribution < -0.4 is 9.32 Å². The molecule has 1 rings (SSSR count). The molecule has 2 N–H and O–H groups in total. The molecule has 6 heteroatoms. The second-order valence-electron chi connectivity index (χ2n) is 2.35. The molecular weight excluding hydrogens is 198 g/mol. The molecule has 0 aromatic carbocycles. The van der Waals surface area contributed by atoms with E-state index in [4.69, 9.17) is 5.14 Å². The van der Waals surface area contributed by atoms with Crippen molar-refractivity contribution in [2.45, 2.75) is 13.8 Å². The van der Waals surface area contributed by atoms with E-state index in [0.717, 1.165) is 9.75 Å². The van der Waals surface area contributed by atoms with Crippen LogP contribution in [0.25, 0.3) is 0 Å². The van der Waals surface area contributed by atoms with E-state index < -0.39 is 10.3 Å². The predicted molar refractivity (Wildman–Crippen MR) is 47.5 cm³/mol. The minimum Gasteiger partial charge on any atom is -0.370 e. The molecule has 0 aliphatic rings. The number of hydrogen-bond acceptors (Lipinski definition) is 4. The van der Waals surface area contributed by atoms with Crippen LogP contribution >= 0.6 is 11.3 Å².